The Hall–Kier alpha value is -3.72. The Morgan fingerprint density at radius 1 is 1.11 bits per heavy atom. The summed E-state index contributed by atoms with van der Waals surface area (Å²) in [5.41, 5.74) is 7.30. The molecule has 1 atom stereocenters. The summed E-state index contributed by atoms with van der Waals surface area (Å²) in [4.78, 5) is 19.0. The maximum Gasteiger partial charge on any atom is 0.310 e. The predicted molar refractivity (Wildman–Crippen MR) is 148 cm³/mol. The summed E-state index contributed by atoms with van der Waals surface area (Å²) in [7, 11) is 2.03. The number of thioether (sulfide) groups is 1. The topological polar surface area (TPSA) is 88.1 Å². The fraction of sp³-hybridized carbons (Fsp3) is 0.321. The number of amidine groups is 1. The van der Waals surface area contributed by atoms with E-state index in [1.807, 2.05) is 50.4 Å². The van der Waals surface area contributed by atoms with Crippen LogP contribution in [0, 0.1) is 0 Å². The molecule has 0 amide bonds. The molecule has 0 radical (unpaired) electrons. The van der Waals surface area contributed by atoms with Crippen LogP contribution in [0.15, 0.2) is 77.0 Å². The van der Waals surface area contributed by atoms with Gasteiger partial charge in [0.25, 0.3) is 0 Å². The molecule has 2 heterocycles. The largest absolute Gasteiger partial charge is 0.493 e. The van der Waals surface area contributed by atoms with Gasteiger partial charge < -0.3 is 19.7 Å². The number of nitrogens with zero attached hydrogens (tertiary/aromatic N) is 3. The van der Waals surface area contributed by atoms with Crippen LogP contribution in [0.3, 0.4) is 0 Å². The average molecular weight is 520 g/mol. The van der Waals surface area contributed by atoms with Crippen molar-refractivity contribution in [2.24, 2.45) is 5.10 Å². The highest BCUT2D eigenvalue weighted by Gasteiger charge is 2.26. The summed E-state index contributed by atoms with van der Waals surface area (Å²) in [6.07, 6.45) is 4.77. The third kappa shape index (κ3) is 7.16. The minimum absolute atomic E-state index is 0.0199. The van der Waals surface area contributed by atoms with Crippen molar-refractivity contribution in [2.75, 3.05) is 25.6 Å². The second kappa shape index (κ2) is 13.0. The van der Waals surface area contributed by atoms with Crippen molar-refractivity contribution in [1.29, 1.82) is 0 Å². The molecule has 2 N–H and O–H groups in total. The summed E-state index contributed by atoms with van der Waals surface area (Å²) >= 11 is 1.60. The zero-order chi connectivity index (χ0) is 26.0. The van der Waals surface area contributed by atoms with Crippen LogP contribution in [0.1, 0.15) is 43.1 Å². The van der Waals surface area contributed by atoms with Gasteiger partial charge in [0.2, 0.25) is 0 Å². The number of hydrogen-bond donors (Lipinski definition) is 2. The molecule has 3 aromatic rings. The van der Waals surface area contributed by atoms with Gasteiger partial charge in [0, 0.05) is 42.1 Å². The lowest BCUT2D eigenvalue weighted by molar-refractivity contribution is -0.142. The van der Waals surface area contributed by atoms with Gasteiger partial charge in [0.1, 0.15) is 11.9 Å². The van der Waals surface area contributed by atoms with Gasteiger partial charge in [0.05, 0.1) is 19.6 Å². The molecule has 0 fully saturated rings. The number of carbonyl (C=O) groups excluding carboxylic acids is 1. The van der Waals surface area contributed by atoms with Crippen molar-refractivity contribution in [3.05, 3.63) is 83.7 Å². The van der Waals surface area contributed by atoms with Crippen LogP contribution in [-0.2, 0) is 22.5 Å². The van der Waals surface area contributed by atoms with Gasteiger partial charge in [-0.2, -0.15) is 5.10 Å². The summed E-state index contributed by atoms with van der Waals surface area (Å²) < 4.78 is 11.1. The summed E-state index contributed by atoms with van der Waals surface area (Å²) in [6, 6.07) is 18.1. The first-order valence-corrected chi connectivity index (χ1v) is 13.3. The average Bonchev–Trinajstić information content (AvgIpc) is 3.28. The van der Waals surface area contributed by atoms with Crippen molar-refractivity contribution < 1.29 is 14.3 Å². The third-order valence-corrected chi connectivity index (χ3v) is 6.84. The van der Waals surface area contributed by atoms with Crippen molar-refractivity contribution >= 4 is 28.6 Å². The fourth-order valence-corrected chi connectivity index (χ4v) is 4.70. The summed E-state index contributed by atoms with van der Waals surface area (Å²) in [6.45, 7) is 5.57. The number of nitrogens with one attached hydrogen (secondary N) is 2. The normalized spacial score (nSPS) is 14.6. The van der Waals surface area contributed by atoms with E-state index in [9.17, 15) is 4.79 Å². The van der Waals surface area contributed by atoms with E-state index in [1.54, 1.807) is 24.2 Å². The maximum atomic E-state index is 11.7. The highest BCUT2D eigenvalue weighted by molar-refractivity contribution is 8.13. The van der Waals surface area contributed by atoms with E-state index >= 15 is 0 Å². The van der Waals surface area contributed by atoms with E-state index in [0.717, 1.165) is 44.6 Å². The molecule has 0 spiro atoms. The first-order chi connectivity index (χ1) is 18.1. The number of rotatable bonds is 11. The minimum Gasteiger partial charge on any atom is -0.493 e. The highest BCUT2D eigenvalue weighted by atomic mass is 32.2. The SMILES string of the molecule is CCCOc1cc(SC2=NNC(c3ccncc3)N2C)ccc1CNc1ccc(CC(=O)OCC)cc1. The van der Waals surface area contributed by atoms with Crippen LogP contribution in [0.2, 0.25) is 0 Å². The lowest BCUT2D eigenvalue weighted by Gasteiger charge is -2.22. The first-order valence-electron chi connectivity index (χ1n) is 12.4. The zero-order valence-electron chi connectivity index (χ0n) is 21.4. The van der Waals surface area contributed by atoms with Crippen molar-refractivity contribution in [2.45, 2.75) is 44.3 Å². The molecule has 4 rings (SSSR count). The van der Waals surface area contributed by atoms with Crippen LogP contribution < -0.4 is 15.5 Å². The lowest BCUT2D eigenvalue weighted by atomic mass is 10.1. The minimum atomic E-state index is -0.211. The second-order valence-electron chi connectivity index (χ2n) is 8.57. The van der Waals surface area contributed by atoms with E-state index in [2.05, 4.69) is 50.9 Å². The van der Waals surface area contributed by atoms with E-state index in [0.29, 0.717) is 19.8 Å². The third-order valence-electron chi connectivity index (χ3n) is 5.79. The van der Waals surface area contributed by atoms with Crippen LogP contribution in [-0.4, -0.2) is 41.3 Å². The second-order valence-corrected chi connectivity index (χ2v) is 9.61. The standard InChI is InChI=1S/C28H33N5O3S/c1-4-16-36-25-18-24(37-28-32-31-27(33(28)3)21-12-14-29-15-13-21)11-8-22(25)19-30-23-9-6-20(7-10-23)17-26(34)35-5-2/h6-15,18,27,30-31H,4-5,16-17,19H2,1-3H3. The molecule has 1 aliphatic heterocycles. The molecular formula is C28H33N5O3S. The summed E-state index contributed by atoms with van der Waals surface area (Å²) in [5.74, 6) is 0.649. The number of carbonyl (C=O) groups is 1. The smallest absolute Gasteiger partial charge is 0.310 e. The lowest BCUT2D eigenvalue weighted by Crippen LogP contribution is -2.28. The van der Waals surface area contributed by atoms with Gasteiger partial charge in [-0.15, -0.1) is 0 Å². The van der Waals surface area contributed by atoms with Crippen LogP contribution in [0.25, 0.3) is 0 Å². The van der Waals surface area contributed by atoms with Crippen LogP contribution in [0.5, 0.6) is 5.75 Å². The van der Waals surface area contributed by atoms with Crippen LogP contribution in [0.4, 0.5) is 5.69 Å². The molecule has 0 aliphatic carbocycles. The van der Waals surface area contributed by atoms with Crippen LogP contribution >= 0.6 is 11.8 Å². The first kappa shape index (κ1) is 26.3. The molecule has 8 nitrogen and oxygen atoms in total. The number of anilines is 1. The van der Waals surface area contributed by atoms with E-state index < -0.39 is 0 Å². The molecule has 9 heteroatoms. The molecule has 1 unspecified atom stereocenters. The number of aromatic nitrogens is 1. The zero-order valence-corrected chi connectivity index (χ0v) is 22.3. The van der Waals surface area contributed by atoms with Crippen molar-refractivity contribution in [3.63, 3.8) is 0 Å². The maximum absolute atomic E-state index is 11.7. The van der Waals surface area contributed by atoms with Gasteiger partial charge in [-0.05, 0) is 60.9 Å². The molecule has 2 aromatic carbocycles. The Morgan fingerprint density at radius 2 is 1.89 bits per heavy atom. The summed E-state index contributed by atoms with van der Waals surface area (Å²) in [5, 5.41) is 8.89. The molecule has 37 heavy (non-hydrogen) atoms. The number of hydrazone groups is 1. The Labute approximate surface area is 222 Å². The van der Waals surface area contributed by atoms with E-state index in [1.165, 1.54) is 0 Å². The molecule has 1 aromatic heterocycles. The molecular weight excluding hydrogens is 486 g/mol. The quantitative estimate of drug-likeness (QED) is 0.335. The van der Waals surface area contributed by atoms with E-state index in [4.69, 9.17) is 9.47 Å². The van der Waals surface area contributed by atoms with Gasteiger partial charge in [-0.25, -0.2) is 0 Å². The molecule has 194 valence electrons. The van der Waals surface area contributed by atoms with Crippen molar-refractivity contribution in [3.8, 4) is 5.75 Å². The van der Waals surface area contributed by atoms with Gasteiger partial charge in [0.15, 0.2) is 5.17 Å². The van der Waals surface area contributed by atoms with Gasteiger partial charge >= 0.3 is 5.97 Å². The Kier molecular flexibility index (Phi) is 9.26. The highest BCUT2D eigenvalue weighted by Crippen LogP contribution is 2.33. The van der Waals surface area contributed by atoms with Gasteiger partial charge in [-0.1, -0.05) is 36.9 Å². The fourth-order valence-electron chi connectivity index (χ4n) is 3.84. The number of benzene rings is 2. The predicted octanol–water partition coefficient (Wildman–Crippen LogP) is 5.19. The Morgan fingerprint density at radius 3 is 2.62 bits per heavy atom. The number of esters is 1. The number of pyridine rings is 1. The number of hydrogen-bond acceptors (Lipinski definition) is 9. The Bertz CT molecular complexity index is 1200. The van der Waals surface area contributed by atoms with Crippen molar-refractivity contribution in [1.82, 2.24) is 15.3 Å². The Balaban J connectivity index is 1.39. The monoisotopic (exact) mass is 519 g/mol. The molecule has 0 saturated carbocycles. The molecule has 1 aliphatic rings. The van der Waals surface area contributed by atoms with E-state index in [-0.39, 0.29) is 18.6 Å². The van der Waals surface area contributed by atoms with Gasteiger partial charge in [-0.3, -0.25) is 15.2 Å². The number of ether oxygens (including phenoxy) is 2. The molecule has 0 saturated heterocycles. The molecule has 0 bridgehead atoms.